The zero-order valence-corrected chi connectivity index (χ0v) is 11.9. The highest BCUT2D eigenvalue weighted by atomic mass is 16.5. The first-order valence-corrected chi connectivity index (χ1v) is 7.45. The lowest BCUT2D eigenvalue weighted by molar-refractivity contribution is 0.266. The maximum Gasteiger partial charge on any atom is 0.161 e. The normalized spacial score (nSPS) is 15.0. The molecule has 2 rings (SSSR count). The SMILES string of the molecule is CCOc1ccccc1OCCNCCC1CCC1. The molecule has 106 valence electrons. The molecular formula is C16H25NO2. The first-order chi connectivity index (χ1) is 9.40. The van der Waals surface area contributed by atoms with E-state index in [1.807, 2.05) is 31.2 Å². The molecule has 0 bridgehead atoms. The average Bonchev–Trinajstić information content (AvgIpc) is 2.38. The summed E-state index contributed by atoms with van der Waals surface area (Å²) in [5, 5.41) is 3.44. The maximum atomic E-state index is 5.75. The molecule has 19 heavy (non-hydrogen) atoms. The summed E-state index contributed by atoms with van der Waals surface area (Å²) in [4.78, 5) is 0. The molecule has 0 atom stereocenters. The van der Waals surface area contributed by atoms with Gasteiger partial charge in [0.1, 0.15) is 6.61 Å². The van der Waals surface area contributed by atoms with Gasteiger partial charge in [0.15, 0.2) is 11.5 Å². The Bertz CT molecular complexity index is 364. The van der Waals surface area contributed by atoms with Crippen LogP contribution in [0.15, 0.2) is 24.3 Å². The van der Waals surface area contributed by atoms with E-state index in [1.54, 1.807) is 0 Å². The van der Waals surface area contributed by atoms with Crippen LogP contribution in [0.1, 0.15) is 32.6 Å². The Morgan fingerprint density at radius 2 is 1.84 bits per heavy atom. The second-order valence-electron chi connectivity index (χ2n) is 5.06. The van der Waals surface area contributed by atoms with Crippen molar-refractivity contribution in [2.75, 3.05) is 26.3 Å². The standard InChI is InChI=1S/C16H25NO2/c1-2-18-15-8-3-4-9-16(15)19-13-12-17-11-10-14-6-5-7-14/h3-4,8-9,14,17H,2,5-7,10-13H2,1H3. The third-order valence-corrected chi connectivity index (χ3v) is 3.64. The van der Waals surface area contributed by atoms with E-state index in [-0.39, 0.29) is 0 Å². The van der Waals surface area contributed by atoms with Crippen LogP contribution in [0.25, 0.3) is 0 Å². The van der Waals surface area contributed by atoms with Crippen LogP contribution in [0.2, 0.25) is 0 Å². The third kappa shape index (κ3) is 4.75. The van der Waals surface area contributed by atoms with Gasteiger partial charge in [0.25, 0.3) is 0 Å². The third-order valence-electron chi connectivity index (χ3n) is 3.64. The van der Waals surface area contributed by atoms with Crippen LogP contribution < -0.4 is 14.8 Å². The summed E-state index contributed by atoms with van der Waals surface area (Å²) in [5.41, 5.74) is 0. The van der Waals surface area contributed by atoms with Crippen molar-refractivity contribution >= 4 is 0 Å². The van der Waals surface area contributed by atoms with Gasteiger partial charge < -0.3 is 14.8 Å². The van der Waals surface area contributed by atoms with Crippen LogP contribution in [-0.4, -0.2) is 26.3 Å². The van der Waals surface area contributed by atoms with Gasteiger partial charge in [-0.15, -0.1) is 0 Å². The molecule has 0 radical (unpaired) electrons. The van der Waals surface area contributed by atoms with Gasteiger partial charge in [0.05, 0.1) is 6.61 Å². The molecule has 3 nitrogen and oxygen atoms in total. The van der Waals surface area contributed by atoms with E-state index in [2.05, 4.69) is 5.32 Å². The van der Waals surface area contributed by atoms with Gasteiger partial charge in [-0.25, -0.2) is 0 Å². The van der Waals surface area contributed by atoms with Crippen molar-refractivity contribution in [2.24, 2.45) is 5.92 Å². The summed E-state index contributed by atoms with van der Waals surface area (Å²) in [6, 6.07) is 7.85. The molecule has 1 aromatic rings. The van der Waals surface area contributed by atoms with Crippen molar-refractivity contribution in [3.05, 3.63) is 24.3 Å². The van der Waals surface area contributed by atoms with Crippen molar-refractivity contribution in [3.8, 4) is 11.5 Å². The molecule has 0 spiro atoms. The quantitative estimate of drug-likeness (QED) is 0.694. The topological polar surface area (TPSA) is 30.5 Å². The first kappa shape index (κ1) is 14.2. The average molecular weight is 263 g/mol. The predicted octanol–water partition coefficient (Wildman–Crippen LogP) is 3.24. The van der Waals surface area contributed by atoms with Crippen LogP contribution in [0.3, 0.4) is 0 Å². The minimum Gasteiger partial charge on any atom is -0.490 e. The molecule has 0 saturated heterocycles. The van der Waals surface area contributed by atoms with Gasteiger partial charge in [-0.05, 0) is 37.9 Å². The van der Waals surface area contributed by atoms with E-state index < -0.39 is 0 Å². The number of ether oxygens (including phenoxy) is 2. The Morgan fingerprint density at radius 1 is 1.11 bits per heavy atom. The Balaban J connectivity index is 1.59. The van der Waals surface area contributed by atoms with Crippen LogP contribution in [-0.2, 0) is 0 Å². The van der Waals surface area contributed by atoms with Gasteiger partial charge in [-0.3, -0.25) is 0 Å². The van der Waals surface area contributed by atoms with E-state index in [9.17, 15) is 0 Å². The smallest absolute Gasteiger partial charge is 0.161 e. The molecule has 0 heterocycles. The summed E-state index contributed by atoms with van der Waals surface area (Å²) in [5.74, 6) is 2.65. The van der Waals surface area contributed by atoms with E-state index in [1.165, 1.54) is 25.7 Å². The van der Waals surface area contributed by atoms with Gasteiger partial charge in [-0.2, -0.15) is 0 Å². The fourth-order valence-corrected chi connectivity index (χ4v) is 2.29. The molecule has 1 saturated carbocycles. The molecule has 1 N–H and O–H groups in total. The summed E-state index contributed by atoms with van der Waals surface area (Å²) < 4.78 is 11.3. The molecular weight excluding hydrogens is 238 g/mol. The molecule has 1 aromatic carbocycles. The summed E-state index contributed by atoms with van der Waals surface area (Å²) >= 11 is 0. The highest BCUT2D eigenvalue weighted by Gasteiger charge is 2.15. The predicted molar refractivity (Wildman–Crippen MR) is 77.9 cm³/mol. The number of rotatable bonds is 9. The van der Waals surface area contributed by atoms with E-state index in [4.69, 9.17) is 9.47 Å². The largest absolute Gasteiger partial charge is 0.490 e. The second-order valence-corrected chi connectivity index (χ2v) is 5.06. The van der Waals surface area contributed by atoms with Gasteiger partial charge in [-0.1, -0.05) is 31.4 Å². The minimum atomic E-state index is 0.667. The number of benzene rings is 1. The second kappa shape index (κ2) is 8.05. The monoisotopic (exact) mass is 263 g/mol. The lowest BCUT2D eigenvalue weighted by Crippen LogP contribution is -2.25. The summed E-state index contributed by atoms with van der Waals surface area (Å²) in [6.07, 6.45) is 5.61. The highest BCUT2D eigenvalue weighted by Crippen LogP contribution is 2.28. The number of hydrogen-bond donors (Lipinski definition) is 1. The Hall–Kier alpha value is -1.22. The van der Waals surface area contributed by atoms with Gasteiger partial charge >= 0.3 is 0 Å². The van der Waals surface area contributed by atoms with E-state index >= 15 is 0 Å². The Morgan fingerprint density at radius 3 is 2.47 bits per heavy atom. The zero-order chi connectivity index (χ0) is 13.3. The Kier molecular flexibility index (Phi) is 6.02. The fraction of sp³-hybridized carbons (Fsp3) is 0.625. The van der Waals surface area contributed by atoms with Crippen molar-refractivity contribution in [1.29, 1.82) is 0 Å². The van der Waals surface area contributed by atoms with Crippen LogP contribution in [0, 0.1) is 5.92 Å². The first-order valence-electron chi connectivity index (χ1n) is 7.45. The molecule has 0 aromatic heterocycles. The molecule has 1 aliphatic rings. The van der Waals surface area contributed by atoms with Crippen molar-refractivity contribution < 1.29 is 9.47 Å². The van der Waals surface area contributed by atoms with Crippen molar-refractivity contribution in [3.63, 3.8) is 0 Å². The minimum absolute atomic E-state index is 0.667. The molecule has 0 aliphatic heterocycles. The van der Waals surface area contributed by atoms with Gasteiger partial charge in [0.2, 0.25) is 0 Å². The van der Waals surface area contributed by atoms with E-state index in [0.29, 0.717) is 13.2 Å². The van der Waals surface area contributed by atoms with Crippen LogP contribution >= 0.6 is 0 Å². The van der Waals surface area contributed by atoms with Crippen molar-refractivity contribution in [2.45, 2.75) is 32.6 Å². The summed E-state index contributed by atoms with van der Waals surface area (Å²) in [7, 11) is 0. The van der Waals surface area contributed by atoms with Crippen LogP contribution in [0.5, 0.6) is 11.5 Å². The molecule has 0 amide bonds. The maximum absolute atomic E-state index is 5.75. The molecule has 1 fully saturated rings. The number of para-hydroxylation sites is 2. The fourth-order valence-electron chi connectivity index (χ4n) is 2.29. The lowest BCUT2D eigenvalue weighted by atomic mass is 9.83. The molecule has 1 aliphatic carbocycles. The number of nitrogens with one attached hydrogen (secondary N) is 1. The highest BCUT2D eigenvalue weighted by molar-refractivity contribution is 5.39. The molecule has 3 heteroatoms. The molecule has 0 unspecified atom stereocenters. The van der Waals surface area contributed by atoms with Gasteiger partial charge in [0, 0.05) is 6.54 Å². The number of hydrogen-bond acceptors (Lipinski definition) is 3. The zero-order valence-electron chi connectivity index (χ0n) is 11.9. The van der Waals surface area contributed by atoms with E-state index in [0.717, 1.165) is 30.5 Å². The summed E-state index contributed by atoms with van der Waals surface area (Å²) in [6.45, 7) is 5.35. The lowest BCUT2D eigenvalue weighted by Gasteiger charge is -2.25. The van der Waals surface area contributed by atoms with Crippen LogP contribution in [0.4, 0.5) is 0 Å². The van der Waals surface area contributed by atoms with Crippen molar-refractivity contribution in [1.82, 2.24) is 5.32 Å². The Labute approximate surface area is 116 Å².